The largest absolute Gasteiger partial charge is 0.346 e. The molecule has 1 aromatic carbocycles. The molecule has 1 saturated heterocycles. The van der Waals surface area contributed by atoms with Crippen molar-refractivity contribution in [3.63, 3.8) is 0 Å². The molecule has 5 nitrogen and oxygen atoms in total. The molecule has 0 atom stereocenters. The minimum atomic E-state index is -0.215. The van der Waals surface area contributed by atoms with E-state index in [1.165, 1.54) is 0 Å². The first kappa shape index (κ1) is 12.6. The smallest absolute Gasteiger partial charge is 0.184 e. The summed E-state index contributed by atoms with van der Waals surface area (Å²) < 4.78 is 10.8. The Kier molecular flexibility index (Phi) is 4.78. The van der Waals surface area contributed by atoms with Gasteiger partial charge < -0.3 is 9.47 Å². The molecule has 0 spiro atoms. The average Bonchev–Trinajstić information content (AvgIpc) is 2.93. The fraction of sp³-hybridized carbons (Fsp3) is 0.385. The number of azide groups is 1. The van der Waals surface area contributed by atoms with E-state index in [9.17, 15) is 0 Å². The van der Waals surface area contributed by atoms with E-state index in [0.717, 1.165) is 17.5 Å². The van der Waals surface area contributed by atoms with E-state index in [2.05, 4.69) is 10.0 Å². The minimum absolute atomic E-state index is 0.215. The Labute approximate surface area is 106 Å². The maximum absolute atomic E-state index is 8.13. The molecule has 1 aliphatic rings. The molecule has 1 aromatic rings. The second kappa shape index (κ2) is 6.81. The third kappa shape index (κ3) is 3.60. The molecule has 0 bridgehead atoms. The first-order valence-corrected chi connectivity index (χ1v) is 5.91. The zero-order valence-corrected chi connectivity index (χ0v) is 10.0. The van der Waals surface area contributed by atoms with Gasteiger partial charge in [0.1, 0.15) is 0 Å². The monoisotopic (exact) mass is 245 g/mol. The van der Waals surface area contributed by atoms with Crippen molar-refractivity contribution in [1.82, 2.24) is 0 Å². The van der Waals surface area contributed by atoms with Crippen LogP contribution in [0.1, 0.15) is 23.8 Å². The molecule has 18 heavy (non-hydrogen) atoms. The second-order valence-corrected chi connectivity index (χ2v) is 3.89. The highest BCUT2D eigenvalue weighted by atomic mass is 16.7. The Hall–Kier alpha value is -1.81. The second-order valence-electron chi connectivity index (χ2n) is 3.89. The summed E-state index contributed by atoms with van der Waals surface area (Å²) in [6, 6.07) is 8.04. The first-order valence-electron chi connectivity index (χ1n) is 5.91. The molecule has 0 N–H and O–H groups in total. The van der Waals surface area contributed by atoms with Crippen LogP contribution in [0.3, 0.4) is 0 Å². The molecule has 1 fully saturated rings. The summed E-state index contributed by atoms with van der Waals surface area (Å²) >= 11 is 0. The van der Waals surface area contributed by atoms with Crippen LogP contribution in [0.5, 0.6) is 0 Å². The van der Waals surface area contributed by atoms with Gasteiger partial charge in [0.25, 0.3) is 0 Å². The first-order chi connectivity index (χ1) is 8.90. The molecule has 1 aliphatic heterocycles. The number of ether oxygens (including phenoxy) is 2. The SMILES string of the molecule is [N-]=[N+]=NCCC=Cc1ccc(C2OCCO2)cc1. The summed E-state index contributed by atoms with van der Waals surface area (Å²) in [4.78, 5) is 2.70. The van der Waals surface area contributed by atoms with Gasteiger partial charge in [-0.15, -0.1) is 0 Å². The van der Waals surface area contributed by atoms with Crippen LogP contribution in [0.15, 0.2) is 35.5 Å². The summed E-state index contributed by atoms with van der Waals surface area (Å²) in [7, 11) is 0. The molecule has 0 aliphatic carbocycles. The van der Waals surface area contributed by atoms with Crippen molar-refractivity contribution in [3.8, 4) is 0 Å². The van der Waals surface area contributed by atoms with Gasteiger partial charge in [0, 0.05) is 17.0 Å². The van der Waals surface area contributed by atoms with Crippen molar-refractivity contribution in [2.24, 2.45) is 5.11 Å². The zero-order valence-electron chi connectivity index (χ0n) is 10.0. The maximum Gasteiger partial charge on any atom is 0.184 e. The molecule has 0 unspecified atom stereocenters. The lowest BCUT2D eigenvalue weighted by Gasteiger charge is -2.08. The third-order valence-electron chi connectivity index (χ3n) is 2.60. The third-order valence-corrected chi connectivity index (χ3v) is 2.60. The number of benzene rings is 1. The number of hydrogen-bond donors (Lipinski definition) is 0. The fourth-order valence-electron chi connectivity index (χ4n) is 1.71. The highest BCUT2D eigenvalue weighted by Crippen LogP contribution is 2.23. The van der Waals surface area contributed by atoms with Gasteiger partial charge in [-0.05, 0) is 17.5 Å². The van der Waals surface area contributed by atoms with E-state index in [1.807, 2.05) is 36.4 Å². The van der Waals surface area contributed by atoms with Crippen molar-refractivity contribution >= 4 is 6.08 Å². The van der Waals surface area contributed by atoms with Gasteiger partial charge in [0.2, 0.25) is 0 Å². The van der Waals surface area contributed by atoms with Crippen molar-refractivity contribution in [1.29, 1.82) is 0 Å². The molecular formula is C13H15N3O2. The van der Waals surface area contributed by atoms with Crippen LogP contribution in [-0.2, 0) is 9.47 Å². The van der Waals surface area contributed by atoms with Crippen LogP contribution in [0, 0.1) is 0 Å². The van der Waals surface area contributed by atoms with Gasteiger partial charge in [-0.25, -0.2) is 0 Å². The molecule has 0 aromatic heterocycles. The van der Waals surface area contributed by atoms with E-state index in [-0.39, 0.29) is 6.29 Å². The van der Waals surface area contributed by atoms with E-state index >= 15 is 0 Å². The molecule has 5 heteroatoms. The highest BCUT2D eigenvalue weighted by Gasteiger charge is 2.17. The summed E-state index contributed by atoms with van der Waals surface area (Å²) in [5, 5.41) is 3.47. The highest BCUT2D eigenvalue weighted by molar-refractivity contribution is 5.49. The molecule has 0 saturated carbocycles. The quantitative estimate of drug-likeness (QED) is 0.345. The Morgan fingerprint density at radius 3 is 2.67 bits per heavy atom. The Morgan fingerprint density at radius 2 is 2.00 bits per heavy atom. The average molecular weight is 245 g/mol. The lowest BCUT2D eigenvalue weighted by Crippen LogP contribution is -1.97. The normalized spacial score (nSPS) is 16.0. The molecule has 2 rings (SSSR count). The fourth-order valence-corrected chi connectivity index (χ4v) is 1.71. The standard InChI is InChI=1S/C13H15N3O2/c14-16-15-8-2-1-3-11-4-6-12(7-5-11)13-17-9-10-18-13/h1,3-7,13H,2,8-10H2. The van der Waals surface area contributed by atoms with Crippen LogP contribution >= 0.6 is 0 Å². The van der Waals surface area contributed by atoms with E-state index < -0.39 is 0 Å². The lowest BCUT2D eigenvalue weighted by molar-refractivity contribution is -0.0441. The predicted octanol–water partition coefficient (Wildman–Crippen LogP) is 3.45. The van der Waals surface area contributed by atoms with E-state index in [4.69, 9.17) is 15.0 Å². The molecular weight excluding hydrogens is 230 g/mol. The maximum atomic E-state index is 8.13. The van der Waals surface area contributed by atoms with Crippen molar-refractivity contribution in [2.75, 3.05) is 19.8 Å². The Morgan fingerprint density at radius 1 is 1.28 bits per heavy atom. The topological polar surface area (TPSA) is 67.2 Å². The van der Waals surface area contributed by atoms with Crippen LogP contribution in [-0.4, -0.2) is 19.8 Å². The zero-order chi connectivity index (χ0) is 12.6. The van der Waals surface area contributed by atoms with E-state index in [1.54, 1.807) is 0 Å². The van der Waals surface area contributed by atoms with Gasteiger partial charge in [-0.2, -0.15) is 0 Å². The van der Waals surface area contributed by atoms with Crippen LogP contribution in [0.25, 0.3) is 16.5 Å². The van der Waals surface area contributed by atoms with Crippen molar-refractivity contribution in [2.45, 2.75) is 12.7 Å². The summed E-state index contributed by atoms with van der Waals surface area (Å²) in [5.41, 5.74) is 10.3. The molecule has 0 radical (unpaired) electrons. The van der Waals surface area contributed by atoms with Crippen LogP contribution in [0.2, 0.25) is 0 Å². The van der Waals surface area contributed by atoms with Gasteiger partial charge >= 0.3 is 0 Å². The van der Waals surface area contributed by atoms with Crippen LogP contribution < -0.4 is 0 Å². The molecule has 1 heterocycles. The summed E-state index contributed by atoms with van der Waals surface area (Å²) in [6.07, 6.45) is 4.54. The van der Waals surface area contributed by atoms with E-state index in [0.29, 0.717) is 19.8 Å². The van der Waals surface area contributed by atoms with Crippen LogP contribution in [0.4, 0.5) is 0 Å². The number of rotatable bonds is 5. The Balaban J connectivity index is 1.88. The van der Waals surface area contributed by atoms with Gasteiger partial charge in [0.15, 0.2) is 6.29 Å². The molecule has 94 valence electrons. The number of nitrogens with zero attached hydrogens (tertiary/aromatic N) is 3. The molecule has 0 amide bonds. The van der Waals surface area contributed by atoms with Crippen molar-refractivity contribution in [3.05, 3.63) is 51.9 Å². The Bertz CT molecular complexity index is 444. The van der Waals surface area contributed by atoms with Gasteiger partial charge in [-0.1, -0.05) is 41.5 Å². The lowest BCUT2D eigenvalue weighted by atomic mass is 10.1. The van der Waals surface area contributed by atoms with Crippen molar-refractivity contribution < 1.29 is 9.47 Å². The van der Waals surface area contributed by atoms with Gasteiger partial charge in [0.05, 0.1) is 13.2 Å². The predicted molar refractivity (Wildman–Crippen MR) is 68.8 cm³/mol. The number of hydrogen-bond acceptors (Lipinski definition) is 3. The minimum Gasteiger partial charge on any atom is -0.346 e. The summed E-state index contributed by atoms with van der Waals surface area (Å²) in [6.45, 7) is 1.81. The van der Waals surface area contributed by atoms with Gasteiger partial charge in [-0.3, -0.25) is 0 Å². The summed E-state index contributed by atoms with van der Waals surface area (Å²) in [5.74, 6) is 0.